The van der Waals surface area contributed by atoms with E-state index in [2.05, 4.69) is 11.5 Å². The van der Waals surface area contributed by atoms with Crippen LogP contribution < -0.4 is 9.64 Å². The van der Waals surface area contributed by atoms with Gasteiger partial charge in [-0.05, 0) is 106 Å². The van der Waals surface area contributed by atoms with Crippen molar-refractivity contribution in [2.75, 3.05) is 25.1 Å². The Balaban J connectivity index is 1.71. The molecule has 1 N–H and O–H groups in total. The number of fused-ring (bicyclic) bond motifs is 2. The van der Waals surface area contributed by atoms with E-state index in [0.29, 0.717) is 28.9 Å². The van der Waals surface area contributed by atoms with Crippen molar-refractivity contribution in [3.05, 3.63) is 70.8 Å². The molecule has 1 aliphatic heterocycles. The fraction of sp³-hybridized carbons (Fsp3) is 0.529. The maximum atomic E-state index is 13.0. The van der Waals surface area contributed by atoms with Crippen LogP contribution in [0.4, 0.5) is 5.69 Å². The van der Waals surface area contributed by atoms with Gasteiger partial charge in [0, 0.05) is 18.1 Å². The van der Waals surface area contributed by atoms with Gasteiger partial charge in [-0.3, -0.25) is 9.59 Å². The van der Waals surface area contributed by atoms with Crippen molar-refractivity contribution in [2.24, 2.45) is 11.8 Å². The van der Waals surface area contributed by atoms with Crippen LogP contribution >= 0.6 is 11.6 Å². The highest BCUT2D eigenvalue weighted by Gasteiger charge is 2.37. The Bertz CT molecular complexity index is 1270. The Labute approximate surface area is 254 Å². The van der Waals surface area contributed by atoms with Crippen molar-refractivity contribution in [1.82, 2.24) is 0 Å². The van der Waals surface area contributed by atoms with Crippen molar-refractivity contribution >= 4 is 29.2 Å². The van der Waals surface area contributed by atoms with E-state index in [0.717, 1.165) is 56.4 Å². The van der Waals surface area contributed by atoms with Gasteiger partial charge in [0.25, 0.3) is 0 Å². The average Bonchev–Trinajstić information content (AvgIpc) is 2.95. The van der Waals surface area contributed by atoms with Gasteiger partial charge in [-0.2, -0.15) is 0 Å². The monoisotopic (exact) mass is 597 g/mol. The number of rotatable bonds is 8. The number of aliphatic hydroxyl groups is 1. The number of halogens is 1. The van der Waals surface area contributed by atoms with Crippen molar-refractivity contribution in [3.63, 3.8) is 0 Å². The molecule has 8 heteroatoms. The summed E-state index contributed by atoms with van der Waals surface area (Å²) in [7, 11) is 1.33. The van der Waals surface area contributed by atoms with Crippen molar-refractivity contribution < 1.29 is 28.9 Å². The van der Waals surface area contributed by atoms with Crippen molar-refractivity contribution in [1.29, 1.82) is 0 Å². The highest BCUT2D eigenvalue weighted by atomic mass is 35.5. The minimum atomic E-state index is -0.822. The van der Waals surface area contributed by atoms with Crippen LogP contribution in [-0.2, 0) is 32.1 Å². The molecule has 0 saturated heterocycles. The molecule has 0 amide bonds. The van der Waals surface area contributed by atoms with E-state index in [-0.39, 0.29) is 12.3 Å². The second-order valence-electron chi connectivity index (χ2n) is 12.4. The fourth-order valence-corrected chi connectivity index (χ4v) is 6.13. The quantitative estimate of drug-likeness (QED) is 0.270. The topological polar surface area (TPSA) is 85.3 Å². The molecule has 0 radical (unpaired) electrons. The van der Waals surface area contributed by atoms with Gasteiger partial charge in [0.1, 0.15) is 18.0 Å². The third kappa shape index (κ3) is 8.07. The van der Waals surface area contributed by atoms with Gasteiger partial charge in [-0.25, -0.2) is 0 Å². The van der Waals surface area contributed by atoms with Crippen LogP contribution in [0.3, 0.4) is 0 Å². The molecule has 228 valence electrons. The van der Waals surface area contributed by atoms with Crippen LogP contribution in [0.1, 0.15) is 75.5 Å². The van der Waals surface area contributed by atoms with Gasteiger partial charge in [0.2, 0.25) is 0 Å². The van der Waals surface area contributed by atoms with Gasteiger partial charge in [0.05, 0.1) is 31.2 Å². The maximum Gasteiger partial charge on any atom is 0.313 e. The van der Waals surface area contributed by atoms with Crippen LogP contribution in [0, 0.1) is 11.8 Å². The van der Waals surface area contributed by atoms with Crippen molar-refractivity contribution in [3.8, 4) is 5.75 Å². The third-order valence-electron chi connectivity index (χ3n) is 8.29. The van der Waals surface area contributed by atoms with Crippen LogP contribution in [0.2, 0.25) is 5.02 Å². The summed E-state index contributed by atoms with van der Waals surface area (Å²) >= 11 is 6.32. The molecule has 2 aromatic rings. The molecule has 2 aromatic carbocycles. The van der Waals surface area contributed by atoms with Crippen LogP contribution in [-0.4, -0.2) is 48.9 Å². The number of anilines is 1. The normalized spacial score (nSPS) is 20.4. The SMILES string of the molecule is C=CC(O)[C@@H]1CC[C@H]1CN1CCCCc2cc(Cl)ccc2COc2ccc([C@@H](CC(=O)OC(C)(C)C)C(=O)OC)cc21. The Hall–Kier alpha value is -3.03. The lowest BCUT2D eigenvalue weighted by atomic mass is 9.70. The number of methoxy groups -OCH3 is 1. The number of hydrogen-bond donors (Lipinski definition) is 1. The largest absolute Gasteiger partial charge is 0.487 e. The summed E-state index contributed by atoms with van der Waals surface area (Å²) in [6, 6.07) is 11.6. The molecule has 4 atom stereocenters. The smallest absolute Gasteiger partial charge is 0.313 e. The Morgan fingerprint density at radius 3 is 2.62 bits per heavy atom. The number of benzene rings is 2. The standard InChI is InChI=1S/C34H44ClNO6/c1-6-30(37)27-14-11-24(27)20-36-16-8-7-9-22-17-26(35)13-10-25(22)21-41-31-15-12-23(18-29(31)36)28(33(39)40-5)19-32(38)42-34(2,3)4/h6,10,12-13,15,17-18,24,27-28,30,37H,1,7-9,11,14,16,19-21H2,2-5H3/t24-,27+,28+,30?/m0/s1. The zero-order chi connectivity index (χ0) is 30.4. The molecule has 1 heterocycles. The second-order valence-corrected chi connectivity index (χ2v) is 12.9. The molecule has 0 aromatic heterocycles. The van der Waals surface area contributed by atoms with E-state index in [1.807, 2.05) is 36.4 Å². The molecule has 4 rings (SSSR count). The number of esters is 2. The molecular weight excluding hydrogens is 554 g/mol. The molecule has 2 aliphatic rings. The molecule has 0 spiro atoms. The summed E-state index contributed by atoms with van der Waals surface area (Å²) in [6.07, 6.45) is 5.76. The molecule has 42 heavy (non-hydrogen) atoms. The van der Waals surface area contributed by atoms with Crippen molar-refractivity contribution in [2.45, 2.75) is 83.5 Å². The van der Waals surface area contributed by atoms with Crippen LogP contribution in [0.5, 0.6) is 5.75 Å². The lowest BCUT2D eigenvalue weighted by molar-refractivity contribution is -0.158. The summed E-state index contributed by atoms with van der Waals surface area (Å²) < 4.78 is 17.1. The Morgan fingerprint density at radius 1 is 1.17 bits per heavy atom. The predicted molar refractivity (Wildman–Crippen MR) is 165 cm³/mol. The minimum absolute atomic E-state index is 0.131. The van der Waals surface area contributed by atoms with E-state index in [1.54, 1.807) is 26.8 Å². The number of nitrogens with zero attached hydrogens (tertiary/aromatic N) is 1. The van der Waals surface area contributed by atoms with E-state index >= 15 is 0 Å². The number of aliphatic hydroxyl groups excluding tert-OH is 1. The summed E-state index contributed by atoms with van der Waals surface area (Å²) in [4.78, 5) is 28.1. The first-order valence-corrected chi connectivity index (χ1v) is 15.3. The van der Waals surface area contributed by atoms with E-state index in [1.165, 1.54) is 12.7 Å². The maximum absolute atomic E-state index is 13.0. The number of hydrogen-bond acceptors (Lipinski definition) is 7. The molecule has 1 unspecified atom stereocenters. The van der Waals surface area contributed by atoms with E-state index in [4.69, 9.17) is 25.8 Å². The third-order valence-corrected chi connectivity index (χ3v) is 8.52. The van der Waals surface area contributed by atoms with Gasteiger partial charge >= 0.3 is 11.9 Å². The van der Waals surface area contributed by atoms with Gasteiger partial charge in [-0.1, -0.05) is 29.8 Å². The zero-order valence-corrected chi connectivity index (χ0v) is 26.0. The zero-order valence-electron chi connectivity index (χ0n) is 25.2. The Kier molecular flexibility index (Phi) is 10.6. The number of aryl methyl sites for hydroxylation is 1. The fourth-order valence-electron chi connectivity index (χ4n) is 5.93. The first-order chi connectivity index (χ1) is 20.0. The molecule has 7 nitrogen and oxygen atoms in total. The first kappa shape index (κ1) is 31.9. The molecule has 0 bridgehead atoms. The van der Waals surface area contributed by atoms with Gasteiger partial charge in [0.15, 0.2) is 0 Å². The molecule has 1 fully saturated rings. The summed E-state index contributed by atoms with van der Waals surface area (Å²) in [6.45, 7) is 11.1. The molecule has 1 saturated carbocycles. The highest BCUT2D eigenvalue weighted by Crippen LogP contribution is 2.41. The number of carbonyl (C=O) groups excluding carboxylic acids is 2. The predicted octanol–water partition coefficient (Wildman–Crippen LogP) is 6.62. The Morgan fingerprint density at radius 2 is 1.95 bits per heavy atom. The number of carbonyl (C=O) groups is 2. The van der Waals surface area contributed by atoms with Crippen LogP contribution in [0.25, 0.3) is 0 Å². The minimum Gasteiger partial charge on any atom is -0.487 e. The molecular formula is C34H44ClNO6. The lowest BCUT2D eigenvalue weighted by Crippen LogP contribution is -2.43. The second kappa shape index (κ2) is 14.0. The van der Waals surface area contributed by atoms with Crippen LogP contribution in [0.15, 0.2) is 49.1 Å². The summed E-state index contributed by atoms with van der Waals surface area (Å²) in [5, 5.41) is 11.2. The average molecular weight is 598 g/mol. The van der Waals surface area contributed by atoms with E-state index in [9.17, 15) is 14.7 Å². The lowest BCUT2D eigenvalue weighted by Gasteiger charge is -2.42. The summed E-state index contributed by atoms with van der Waals surface area (Å²) in [5.41, 5.74) is 3.14. The summed E-state index contributed by atoms with van der Waals surface area (Å²) in [5.74, 6) is -0.625. The van der Waals surface area contributed by atoms with Gasteiger partial charge < -0.3 is 24.2 Å². The van der Waals surface area contributed by atoms with Gasteiger partial charge in [-0.15, -0.1) is 6.58 Å². The molecule has 1 aliphatic carbocycles. The van der Waals surface area contributed by atoms with E-state index < -0.39 is 29.6 Å². The number of ether oxygens (including phenoxy) is 3. The first-order valence-electron chi connectivity index (χ1n) is 14.9. The highest BCUT2D eigenvalue weighted by molar-refractivity contribution is 6.30.